The van der Waals surface area contributed by atoms with Crippen LogP contribution in [0.4, 0.5) is 10.1 Å². The van der Waals surface area contributed by atoms with Gasteiger partial charge in [0.25, 0.3) is 0 Å². The lowest BCUT2D eigenvalue weighted by molar-refractivity contribution is 0.0689. The highest BCUT2D eigenvalue weighted by atomic mass is 32.2. The number of carboxylic acids is 1. The summed E-state index contributed by atoms with van der Waals surface area (Å²) in [6.45, 7) is 3.77. The van der Waals surface area contributed by atoms with E-state index in [1.807, 2.05) is 6.92 Å². The SMILES string of the molecule is Cc1oc(=O)oc1CNc1ccc(-c2cc3c(cc2F)c(=O)c(C(=O)O)c2n3C(C)S2)cc1. The van der Waals surface area contributed by atoms with Crippen LogP contribution in [0.5, 0.6) is 0 Å². The molecule has 1 atom stereocenters. The summed E-state index contributed by atoms with van der Waals surface area (Å²) in [6, 6.07) is 9.65. The zero-order valence-electron chi connectivity index (χ0n) is 17.5. The maximum absolute atomic E-state index is 15.0. The van der Waals surface area contributed by atoms with Crippen molar-refractivity contribution in [3.8, 4) is 11.1 Å². The number of nitrogens with one attached hydrogen (secondary N) is 1. The molecule has 0 radical (unpaired) electrons. The predicted octanol–water partition coefficient (Wildman–Crippen LogP) is 4.60. The summed E-state index contributed by atoms with van der Waals surface area (Å²) in [5.41, 5.74) is 1.10. The van der Waals surface area contributed by atoms with Gasteiger partial charge in [-0.2, -0.15) is 0 Å². The molecule has 0 aliphatic carbocycles. The smallest absolute Gasteiger partial charge is 0.477 e. The summed E-state index contributed by atoms with van der Waals surface area (Å²) >= 11 is 1.30. The standard InChI is InChI=1S/C23H17FN2O6S/c1-10-18(32-23(30)31-10)9-25-13-5-3-12(4-6-13)14-8-17-15(7-16(14)24)20(27)19(22(28)29)21-26(17)11(2)33-21/h3-8,11,25H,9H2,1-2H3,(H,28,29). The Hall–Kier alpha value is -3.79. The monoisotopic (exact) mass is 468 g/mol. The van der Waals surface area contributed by atoms with Gasteiger partial charge in [0, 0.05) is 16.6 Å². The van der Waals surface area contributed by atoms with Crippen molar-refractivity contribution in [1.29, 1.82) is 0 Å². The first kappa shape index (κ1) is 21.1. The van der Waals surface area contributed by atoms with Gasteiger partial charge in [-0.15, -0.1) is 0 Å². The van der Waals surface area contributed by atoms with Crippen LogP contribution in [0.15, 0.2) is 59.8 Å². The largest absolute Gasteiger partial charge is 0.519 e. The highest BCUT2D eigenvalue weighted by molar-refractivity contribution is 8.00. The number of aromatic carboxylic acids is 1. The Balaban J connectivity index is 1.51. The van der Waals surface area contributed by atoms with Crippen molar-refractivity contribution in [3.05, 3.63) is 80.1 Å². The average molecular weight is 468 g/mol. The molecular formula is C23H17FN2O6S. The number of rotatable bonds is 5. The molecule has 0 fully saturated rings. The predicted molar refractivity (Wildman–Crippen MR) is 120 cm³/mol. The minimum Gasteiger partial charge on any atom is -0.477 e. The van der Waals surface area contributed by atoms with Crippen LogP contribution in [0, 0.1) is 12.7 Å². The number of nitrogens with zero attached hydrogens (tertiary/aromatic N) is 1. The lowest BCUT2D eigenvalue weighted by Gasteiger charge is -2.32. The number of hydrogen-bond acceptors (Lipinski definition) is 7. The molecule has 5 rings (SSSR count). The van der Waals surface area contributed by atoms with Crippen molar-refractivity contribution in [2.45, 2.75) is 30.8 Å². The Morgan fingerprint density at radius 2 is 1.94 bits per heavy atom. The molecule has 1 aliphatic heterocycles. The fourth-order valence-corrected chi connectivity index (χ4v) is 5.10. The molecule has 1 aliphatic rings. The molecule has 10 heteroatoms. The fraction of sp³-hybridized carbons (Fsp3) is 0.174. The first-order valence-electron chi connectivity index (χ1n) is 10.00. The minimum absolute atomic E-state index is 0.0415. The van der Waals surface area contributed by atoms with Gasteiger partial charge in [0.05, 0.1) is 22.5 Å². The number of fused-ring (bicyclic) bond motifs is 3. The molecule has 2 aromatic heterocycles. The first-order chi connectivity index (χ1) is 15.7. The summed E-state index contributed by atoms with van der Waals surface area (Å²) in [6.07, 6.45) is 0. The molecule has 2 N–H and O–H groups in total. The van der Waals surface area contributed by atoms with E-state index in [9.17, 15) is 19.5 Å². The number of aromatic nitrogens is 1. The Labute approximate surface area is 189 Å². The van der Waals surface area contributed by atoms with E-state index < -0.39 is 23.0 Å². The number of benzene rings is 2. The van der Waals surface area contributed by atoms with Crippen LogP contribution in [0.2, 0.25) is 0 Å². The molecule has 2 aromatic carbocycles. The summed E-state index contributed by atoms with van der Waals surface area (Å²) in [5.74, 6) is -1.91. The molecule has 1 unspecified atom stereocenters. The molecule has 0 bridgehead atoms. The molecule has 3 heterocycles. The van der Waals surface area contributed by atoms with E-state index in [-0.39, 0.29) is 22.9 Å². The highest BCUT2D eigenvalue weighted by Crippen LogP contribution is 2.46. The van der Waals surface area contributed by atoms with E-state index in [0.717, 1.165) is 11.8 Å². The fourth-order valence-electron chi connectivity index (χ4n) is 3.94. The van der Waals surface area contributed by atoms with E-state index in [0.29, 0.717) is 33.2 Å². The number of pyridine rings is 1. The number of hydrogen-bond donors (Lipinski definition) is 2. The Morgan fingerprint density at radius 3 is 2.55 bits per heavy atom. The molecule has 4 aromatic rings. The van der Waals surface area contributed by atoms with Crippen LogP contribution in [0.3, 0.4) is 0 Å². The van der Waals surface area contributed by atoms with Gasteiger partial charge in [-0.25, -0.2) is 14.0 Å². The molecule has 168 valence electrons. The van der Waals surface area contributed by atoms with Gasteiger partial charge < -0.3 is 23.8 Å². The third-order valence-electron chi connectivity index (χ3n) is 5.59. The Kier molecular flexibility index (Phi) is 4.89. The van der Waals surface area contributed by atoms with E-state index in [1.54, 1.807) is 41.8 Å². The minimum atomic E-state index is -1.32. The van der Waals surface area contributed by atoms with Gasteiger partial charge in [-0.3, -0.25) is 4.79 Å². The van der Waals surface area contributed by atoms with Crippen LogP contribution in [-0.4, -0.2) is 15.6 Å². The van der Waals surface area contributed by atoms with E-state index in [4.69, 9.17) is 8.83 Å². The van der Waals surface area contributed by atoms with Gasteiger partial charge in [-0.05, 0) is 43.7 Å². The van der Waals surface area contributed by atoms with E-state index >= 15 is 4.39 Å². The van der Waals surface area contributed by atoms with Gasteiger partial charge >= 0.3 is 11.8 Å². The molecule has 33 heavy (non-hydrogen) atoms. The number of thioether (sulfide) groups is 1. The molecule has 0 saturated heterocycles. The van der Waals surface area contributed by atoms with Crippen molar-refractivity contribution in [1.82, 2.24) is 4.57 Å². The maximum Gasteiger partial charge on any atom is 0.519 e. The molecular weight excluding hydrogens is 451 g/mol. The quantitative estimate of drug-likeness (QED) is 0.437. The third kappa shape index (κ3) is 3.43. The Morgan fingerprint density at radius 1 is 1.21 bits per heavy atom. The van der Waals surface area contributed by atoms with Crippen LogP contribution in [0.1, 0.15) is 34.2 Å². The molecule has 0 spiro atoms. The van der Waals surface area contributed by atoms with Crippen LogP contribution in [-0.2, 0) is 6.54 Å². The molecule has 0 saturated carbocycles. The third-order valence-corrected chi connectivity index (χ3v) is 6.77. The topological polar surface area (TPSA) is 115 Å². The molecule has 8 nitrogen and oxygen atoms in total. The second kappa shape index (κ2) is 7.66. The van der Waals surface area contributed by atoms with Crippen LogP contribution < -0.4 is 16.6 Å². The normalized spacial score (nSPS) is 14.7. The second-order valence-corrected chi connectivity index (χ2v) is 8.92. The summed E-state index contributed by atoms with van der Waals surface area (Å²) in [7, 11) is 0. The molecule has 0 amide bonds. The van der Waals surface area contributed by atoms with E-state index in [1.165, 1.54) is 11.8 Å². The summed E-state index contributed by atoms with van der Waals surface area (Å²) < 4.78 is 26.5. The maximum atomic E-state index is 15.0. The van der Waals surface area contributed by atoms with E-state index in [2.05, 4.69) is 5.32 Å². The van der Waals surface area contributed by atoms with Crippen molar-refractivity contribution in [2.24, 2.45) is 0 Å². The first-order valence-corrected chi connectivity index (χ1v) is 10.9. The highest BCUT2D eigenvalue weighted by Gasteiger charge is 2.33. The van der Waals surface area contributed by atoms with Gasteiger partial charge in [-0.1, -0.05) is 23.9 Å². The summed E-state index contributed by atoms with van der Waals surface area (Å²) in [4.78, 5) is 35.5. The van der Waals surface area contributed by atoms with Crippen LogP contribution >= 0.6 is 11.8 Å². The van der Waals surface area contributed by atoms with Gasteiger partial charge in [0.1, 0.15) is 17.1 Å². The van der Waals surface area contributed by atoms with Crippen LogP contribution in [0.25, 0.3) is 22.0 Å². The zero-order valence-corrected chi connectivity index (χ0v) is 18.3. The van der Waals surface area contributed by atoms with Gasteiger partial charge in [0.15, 0.2) is 5.76 Å². The number of aryl methyl sites for hydroxylation is 1. The zero-order chi connectivity index (χ0) is 23.4. The number of carboxylic acid groups (broad SMARTS) is 1. The summed E-state index contributed by atoms with van der Waals surface area (Å²) in [5, 5.41) is 12.9. The Bertz CT molecular complexity index is 1550. The van der Waals surface area contributed by atoms with Crippen molar-refractivity contribution < 1.29 is 23.1 Å². The lowest BCUT2D eigenvalue weighted by atomic mass is 10.0. The lowest BCUT2D eigenvalue weighted by Crippen LogP contribution is -2.28. The number of anilines is 1. The number of halogens is 1. The van der Waals surface area contributed by atoms with Crippen molar-refractivity contribution >= 4 is 34.3 Å². The van der Waals surface area contributed by atoms with Gasteiger partial charge in [0.2, 0.25) is 5.43 Å². The second-order valence-electron chi connectivity index (χ2n) is 7.62. The average Bonchev–Trinajstić information content (AvgIpc) is 3.09. The van der Waals surface area contributed by atoms with Crippen molar-refractivity contribution in [2.75, 3.05) is 5.32 Å². The van der Waals surface area contributed by atoms with Crippen molar-refractivity contribution in [3.63, 3.8) is 0 Å². The number of carbonyl (C=O) groups is 1.